The van der Waals surface area contributed by atoms with E-state index in [9.17, 15) is 13.2 Å². The van der Waals surface area contributed by atoms with Crippen LogP contribution in [0.3, 0.4) is 0 Å². The molecule has 3 heterocycles. The van der Waals surface area contributed by atoms with Gasteiger partial charge in [-0.05, 0) is 52.9 Å². The van der Waals surface area contributed by atoms with Crippen LogP contribution in [0.2, 0.25) is 0 Å². The van der Waals surface area contributed by atoms with Gasteiger partial charge in [0, 0.05) is 25.7 Å². The van der Waals surface area contributed by atoms with Crippen LogP contribution in [-0.2, 0) is 16.9 Å². The predicted molar refractivity (Wildman–Crippen MR) is 107 cm³/mol. The van der Waals surface area contributed by atoms with Gasteiger partial charge in [-0.3, -0.25) is 4.79 Å². The highest BCUT2D eigenvalue weighted by molar-refractivity contribution is 7.91. The number of piperidine rings is 1. The van der Waals surface area contributed by atoms with E-state index in [1.54, 1.807) is 23.3 Å². The Balaban J connectivity index is 1.42. The number of amides is 1. The Kier molecular flexibility index (Phi) is 5.03. The van der Waals surface area contributed by atoms with Crippen LogP contribution in [0, 0.1) is 0 Å². The molecule has 1 fully saturated rings. The van der Waals surface area contributed by atoms with Crippen molar-refractivity contribution in [2.24, 2.45) is 7.05 Å². The van der Waals surface area contributed by atoms with E-state index in [4.69, 9.17) is 0 Å². The first-order chi connectivity index (χ1) is 13.5. The number of carbonyl (C=O) groups excluding carboxylic acids is 1. The summed E-state index contributed by atoms with van der Waals surface area (Å²) in [6.07, 6.45) is 2.17. The first-order valence-electron chi connectivity index (χ1n) is 8.96. The number of hydrogen-bond acceptors (Lipinski definition) is 6. The lowest BCUT2D eigenvalue weighted by Crippen LogP contribution is -2.42. The fourth-order valence-corrected chi connectivity index (χ4v) is 5.87. The highest BCUT2D eigenvalue weighted by Gasteiger charge is 2.35. The molecule has 0 N–H and O–H groups in total. The minimum atomic E-state index is -3.54. The van der Waals surface area contributed by atoms with Crippen molar-refractivity contribution >= 4 is 27.1 Å². The smallest absolute Gasteiger partial charge is 0.253 e. The molecule has 0 saturated carbocycles. The Morgan fingerprint density at radius 3 is 2.39 bits per heavy atom. The van der Waals surface area contributed by atoms with Crippen molar-refractivity contribution in [2.75, 3.05) is 13.1 Å². The van der Waals surface area contributed by atoms with Crippen LogP contribution < -0.4 is 0 Å². The zero-order chi connectivity index (χ0) is 19.7. The van der Waals surface area contributed by atoms with Crippen molar-refractivity contribution in [3.63, 3.8) is 0 Å². The van der Waals surface area contributed by atoms with E-state index in [0.29, 0.717) is 31.5 Å². The van der Waals surface area contributed by atoms with Crippen LogP contribution >= 0.6 is 11.3 Å². The molecule has 2 aromatic heterocycles. The summed E-state index contributed by atoms with van der Waals surface area (Å²) < 4.78 is 26.9. The van der Waals surface area contributed by atoms with Crippen molar-refractivity contribution in [1.82, 2.24) is 19.7 Å². The number of nitrogens with zero attached hydrogens (tertiary/aromatic N) is 4. The second-order valence-electron chi connectivity index (χ2n) is 6.85. The van der Waals surface area contributed by atoms with Crippen molar-refractivity contribution in [2.45, 2.75) is 23.2 Å². The Morgan fingerprint density at radius 2 is 1.82 bits per heavy atom. The molecule has 1 saturated heterocycles. The fraction of sp³-hybridized carbons (Fsp3) is 0.316. The van der Waals surface area contributed by atoms with Crippen LogP contribution in [0.25, 0.3) is 11.1 Å². The van der Waals surface area contributed by atoms with Crippen molar-refractivity contribution < 1.29 is 13.2 Å². The number of likely N-dealkylation sites (tertiary alicyclic amines) is 1. The minimum absolute atomic E-state index is 0.0127. The average Bonchev–Trinajstić information content (AvgIpc) is 3.40. The highest BCUT2D eigenvalue weighted by Crippen LogP contribution is 2.25. The van der Waals surface area contributed by atoms with E-state index in [1.807, 2.05) is 35.7 Å². The van der Waals surface area contributed by atoms with E-state index < -0.39 is 15.1 Å². The summed E-state index contributed by atoms with van der Waals surface area (Å²) in [5.41, 5.74) is 2.83. The molecule has 9 heteroatoms. The third-order valence-corrected chi connectivity index (χ3v) is 7.99. The molecule has 1 amide bonds. The third kappa shape index (κ3) is 3.47. The fourth-order valence-electron chi connectivity index (χ4n) is 3.47. The van der Waals surface area contributed by atoms with Gasteiger partial charge in [0.1, 0.15) is 6.33 Å². The molecule has 0 unspecified atom stereocenters. The molecule has 7 nitrogen and oxygen atoms in total. The summed E-state index contributed by atoms with van der Waals surface area (Å²) in [6, 6.07) is 9.60. The molecule has 28 heavy (non-hydrogen) atoms. The Labute approximate surface area is 167 Å². The topological polar surface area (TPSA) is 85.2 Å². The van der Waals surface area contributed by atoms with E-state index in [1.165, 1.54) is 10.9 Å². The lowest BCUT2D eigenvalue weighted by molar-refractivity contribution is 0.0725. The number of thiophene rings is 1. The van der Waals surface area contributed by atoms with Crippen LogP contribution in [0.4, 0.5) is 0 Å². The summed E-state index contributed by atoms with van der Waals surface area (Å²) in [7, 11) is -1.93. The summed E-state index contributed by atoms with van der Waals surface area (Å²) in [6.45, 7) is 0.819. The largest absolute Gasteiger partial charge is 0.339 e. The van der Waals surface area contributed by atoms with E-state index in [2.05, 4.69) is 15.6 Å². The average molecular weight is 417 g/mol. The van der Waals surface area contributed by atoms with Gasteiger partial charge in [-0.15, -0.1) is 10.2 Å². The number of aromatic nitrogens is 3. The summed E-state index contributed by atoms with van der Waals surface area (Å²) in [4.78, 5) is 14.5. The highest BCUT2D eigenvalue weighted by atomic mass is 32.2. The molecule has 1 aliphatic rings. The van der Waals surface area contributed by atoms with Crippen LogP contribution in [-0.4, -0.2) is 52.3 Å². The van der Waals surface area contributed by atoms with Gasteiger partial charge in [-0.1, -0.05) is 12.1 Å². The van der Waals surface area contributed by atoms with Gasteiger partial charge in [-0.25, -0.2) is 8.42 Å². The molecule has 3 aromatic rings. The molecule has 0 radical (unpaired) electrons. The van der Waals surface area contributed by atoms with Crippen LogP contribution in [0.1, 0.15) is 23.2 Å². The molecule has 1 aliphatic heterocycles. The molecule has 1 aromatic carbocycles. The lowest BCUT2D eigenvalue weighted by atomic mass is 10.0. The Morgan fingerprint density at radius 1 is 1.11 bits per heavy atom. The summed E-state index contributed by atoms with van der Waals surface area (Å²) in [5, 5.41) is 10.9. The standard InChI is InChI=1S/C19H20N4O3S2/c1-22-13-20-21-19(22)28(25,26)17-6-9-23(10-7-17)18(24)15-4-2-14(3-5-15)16-8-11-27-12-16/h2-5,8,11-13,17H,6-7,9-10H2,1H3. The van der Waals surface area contributed by atoms with Gasteiger partial charge in [0.15, 0.2) is 0 Å². The van der Waals surface area contributed by atoms with Crippen LogP contribution in [0.5, 0.6) is 0 Å². The monoisotopic (exact) mass is 416 g/mol. The van der Waals surface area contributed by atoms with Crippen LogP contribution in [0.15, 0.2) is 52.6 Å². The quantitative estimate of drug-likeness (QED) is 0.653. The zero-order valence-electron chi connectivity index (χ0n) is 15.4. The zero-order valence-corrected chi connectivity index (χ0v) is 17.0. The van der Waals surface area contributed by atoms with Crippen molar-refractivity contribution in [3.05, 3.63) is 53.0 Å². The van der Waals surface area contributed by atoms with Gasteiger partial charge in [0.2, 0.25) is 15.0 Å². The van der Waals surface area contributed by atoms with Gasteiger partial charge >= 0.3 is 0 Å². The molecular weight excluding hydrogens is 396 g/mol. The number of sulfone groups is 1. The normalized spacial score (nSPS) is 15.7. The number of rotatable bonds is 4. The minimum Gasteiger partial charge on any atom is -0.339 e. The maximum absolute atomic E-state index is 12.8. The van der Waals surface area contributed by atoms with E-state index in [0.717, 1.165) is 11.1 Å². The Bertz CT molecular complexity index is 1060. The van der Waals surface area contributed by atoms with Gasteiger partial charge < -0.3 is 9.47 Å². The maximum atomic E-state index is 12.8. The second kappa shape index (κ2) is 7.48. The molecule has 146 valence electrons. The van der Waals surface area contributed by atoms with Crippen molar-refractivity contribution in [3.8, 4) is 11.1 Å². The summed E-state index contributed by atoms with van der Waals surface area (Å²) in [5.74, 6) is -0.0635. The molecule has 0 spiro atoms. The third-order valence-electron chi connectivity index (χ3n) is 5.08. The molecule has 0 aliphatic carbocycles. The van der Waals surface area contributed by atoms with E-state index in [-0.39, 0.29) is 11.1 Å². The molecule has 0 bridgehead atoms. The number of hydrogen-bond donors (Lipinski definition) is 0. The number of aryl methyl sites for hydroxylation is 1. The first-order valence-corrected chi connectivity index (χ1v) is 11.5. The molecular formula is C19H20N4O3S2. The van der Waals surface area contributed by atoms with Gasteiger partial charge in [0.05, 0.1) is 5.25 Å². The molecule has 0 atom stereocenters. The SMILES string of the molecule is Cn1cnnc1S(=O)(=O)C1CCN(C(=O)c2ccc(-c3ccsc3)cc2)CC1. The lowest BCUT2D eigenvalue weighted by Gasteiger charge is -2.31. The first kappa shape index (κ1) is 18.8. The van der Waals surface area contributed by atoms with E-state index >= 15 is 0 Å². The van der Waals surface area contributed by atoms with Crippen molar-refractivity contribution in [1.29, 1.82) is 0 Å². The summed E-state index contributed by atoms with van der Waals surface area (Å²) >= 11 is 1.64. The van der Waals surface area contributed by atoms with Gasteiger partial charge in [0.25, 0.3) is 5.91 Å². The maximum Gasteiger partial charge on any atom is 0.253 e. The number of benzene rings is 1. The number of carbonyl (C=O) groups is 1. The van der Waals surface area contributed by atoms with Gasteiger partial charge in [-0.2, -0.15) is 11.3 Å². The molecule has 4 rings (SSSR count). The second-order valence-corrected chi connectivity index (χ2v) is 9.75. The Hall–Kier alpha value is -2.52. The predicted octanol–water partition coefficient (Wildman–Crippen LogP) is 2.62.